The van der Waals surface area contributed by atoms with Crippen LogP contribution in [0.2, 0.25) is 0 Å². The number of nitrogens with zero attached hydrogens (tertiary/aromatic N) is 2. The number of hydrazine groups is 2. The van der Waals surface area contributed by atoms with Crippen molar-refractivity contribution in [1.82, 2.24) is 26.5 Å². The molecular weight excluding hydrogens is 412 g/mol. The standard InChI is InChI=1S/C22H35N6O4/c1-4-5-7-17-9-11-18(12-10-17)20(29)25-19(21(30)23-15-13-16(2)3)8-6-14-24-22-26-27(22)28(31)32/h9-12,15-16,19,22,24,26H,4-8,13-14H2,1-3H3,(H,23,30)(H,25,29)/t19-,22?,27?/m0/s1. The molecule has 1 aliphatic rings. The van der Waals surface area contributed by atoms with Crippen molar-refractivity contribution < 1.29 is 14.6 Å². The predicted molar refractivity (Wildman–Crippen MR) is 121 cm³/mol. The van der Waals surface area contributed by atoms with Gasteiger partial charge in [-0.25, -0.2) is 10.1 Å². The molecule has 0 aliphatic carbocycles. The summed E-state index contributed by atoms with van der Waals surface area (Å²) in [6.45, 7) is 8.43. The number of rotatable bonds is 15. The van der Waals surface area contributed by atoms with Crippen LogP contribution in [0.25, 0.3) is 0 Å². The number of unbranched alkanes of at least 4 members (excludes halogenated alkanes) is 1. The van der Waals surface area contributed by atoms with Gasteiger partial charge >= 0.3 is 0 Å². The normalized spacial score (nSPS) is 16.0. The van der Waals surface area contributed by atoms with Crippen LogP contribution in [-0.4, -0.2) is 40.8 Å². The number of carbonyl (C=O) groups excluding carboxylic acids is 2. The highest BCUT2D eigenvalue weighted by Gasteiger charge is 2.43. The van der Waals surface area contributed by atoms with Gasteiger partial charge in [0.05, 0.1) is 0 Å². The fourth-order valence-corrected chi connectivity index (χ4v) is 3.12. The number of nitro groups is 1. The average Bonchev–Trinajstić information content (AvgIpc) is 3.54. The highest BCUT2D eigenvalue weighted by molar-refractivity contribution is 5.97. The molecule has 0 bridgehead atoms. The Morgan fingerprint density at radius 2 is 1.97 bits per heavy atom. The van der Waals surface area contributed by atoms with Gasteiger partial charge in [0, 0.05) is 12.1 Å². The molecule has 10 nitrogen and oxygen atoms in total. The number of carbonyl (C=O) groups is 2. The van der Waals surface area contributed by atoms with E-state index in [1.54, 1.807) is 18.7 Å². The first-order chi connectivity index (χ1) is 15.3. The Morgan fingerprint density at radius 1 is 1.25 bits per heavy atom. The maximum atomic E-state index is 12.7. The maximum Gasteiger partial charge on any atom is 0.251 e. The van der Waals surface area contributed by atoms with Gasteiger partial charge in [-0.3, -0.25) is 14.9 Å². The van der Waals surface area contributed by atoms with Crippen molar-refractivity contribution in [1.29, 1.82) is 0 Å². The summed E-state index contributed by atoms with van der Waals surface area (Å²) in [6, 6.07) is 6.76. The number of hydrogen-bond donors (Lipinski definition) is 4. The zero-order valence-electron chi connectivity index (χ0n) is 19.1. The summed E-state index contributed by atoms with van der Waals surface area (Å²) in [6.07, 6.45) is 4.38. The van der Waals surface area contributed by atoms with Gasteiger partial charge in [0.15, 0.2) is 5.03 Å². The van der Waals surface area contributed by atoms with Crippen LogP contribution in [0.15, 0.2) is 24.3 Å². The molecule has 2 rings (SSSR count). The lowest BCUT2D eigenvalue weighted by Crippen LogP contribution is -2.46. The topological polar surface area (TPSA) is 138 Å². The van der Waals surface area contributed by atoms with E-state index in [9.17, 15) is 19.7 Å². The molecular formula is C22H35N6O4. The molecule has 1 saturated heterocycles. The third-order valence-electron chi connectivity index (χ3n) is 5.11. The summed E-state index contributed by atoms with van der Waals surface area (Å²) in [7, 11) is 0. The molecule has 1 aromatic carbocycles. The van der Waals surface area contributed by atoms with Crippen molar-refractivity contribution in [2.45, 2.75) is 71.6 Å². The molecule has 1 fully saturated rings. The van der Waals surface area contributed by atoms with E-state index in [4.69, 9.17) is 0 Å². The van der Waals surface area contributed by atoms with Crippen molar-refractivity contribution >= 4 is 11.8 Å². The highest BCUT2D eigenvalue weighted by atomic mass is 16.7. The van der Waals surface area contributed by atoms with Crippen LogP contribution in [0.3, 0.4) is 0 Å². The Hall–Kier alpha value is -2.72. The van der Waals surface area contributed by atoms with Crippen molar-refractivity contribution in [2.24, 2.45) is 5.92 Å². The molecule has 4 N–H and O–H groups in total. The number of nitrogens with one attached hydrogen (secondary N) is 4. The van der Waals surface area contributed by atoms with Gasteiger partial charge in [-0.15, -0.1) is 5.43 Å². The summed E-state index contributed by atoms with van der Waals surface area (Å²) in [5.74, 6) is -0.156. The van der Waals surface area contributed by atoms with E-state index in [0.717, 1.165) is 30.8 Å². The Morgan fingerprint density at radius 3 is 2.56 bits per heavy atom. The quantitative estimate of drug-likeness (QED) is 0.140. The van der Waals surface area contributed by atoms with Gasteiger partial charge in [-0.05, 0) is 67.4 Å². The molecule has 2 atom stereocenters. The van der Waals surface area contributed by atoms with E-state index in [-0.39, 0.29) is 11.8 Å². The fraction of sp³-hybridized carbons (Fsp3) is 0.591. The van der Waals surface area contributed by atoms with E-state index in [1.807, 2.05) is 12.1 Å². The molecule has 0 saturated carbocycles. The van der Waals surface area contributed by atoms with Crippen LogP contribution < -0.4 is 21.4 Å². The molecule has 1 unspecified atom stereocenters. The second-order valence-electron chi connectivity index (χ2n) is 8.38. The second kappa shape index (κ2) is 13.0. The minimum atomic E-state index is -0.703. The first-order valence-corrected chi connectivity index (χ1v) is 11.3. The lowest BCUT2D eigenvalue weighted by atomic mass is 10.1. The Bertz CT molecular complexity index is 755. The molecule has 0 spiro atoms. The van der Waals surface area contributed by atoms with Gasteiger partial charge in [0.25, 0.3) is 5.91 Å². The number of amides is 2. The lowest BCUT2D eigenvalue weighted by molar-refractivity contribution is -0.627. The zero-order chi connectivity index (χ0) is 23.5. The Kier molecular flexibility index (Phi) is 10.4. The smallest absolute Gasteiger partial charge is 0.251 e. The van der Waals surface area contributed by atoms with Gasteiger partial charge in [-0.2, -0.15) is 0 Å². The number of hydrogen-bond acceptors (Lipinski definition) is 6. The van der Waals surface area contributed by atoms with E-state index >= 15 is 0 Å². The van der Waals surface area contributed by atoms with Crippen LogP contribution in [0.1, 0.15) is 68.8 Å². The Labute approximate surface area is 189 Å². The van der Waals surface area contributed by atoms with Crippen molar-refractivity contribution in [2.75, 3.05) is 6.54 Å². The molecule has 2 amide bonds. The van der Waals surface area contributed by atoms with Gasteiger partial charge in [0.2, 0.25) is 12.2 Å². The minimum absolute atomic E-state index is 0.268. The number of aryl methyl sites for hydroxylation is 1. The van der Waals surface area contributed by atoms with Crippen LogP contribution in [-0.2, 0) is 11.2 Å². The van der Waals surface area contributed by atoms with Gasteiger partial charge in [0.1, 0.15) is 6.04 Å². The van der Waals surface area contributed by atoms with Crippen molar-refractivity contribution in [3.8, 4) is 0 Å². The van der Waals surface area contributed by atoms with E-state index in [2.05, 4.69) is 42.1 Å². The molecule has 1 heterocycles. The third-order valence-corrected chi connectivity index (χ3v) is 5.11. The first-order valence-electron chi connectivity index (χ1n) is 11.3. The largest absolute Gasteiger partial charge is 0.350 e. The summed E-state index contributed by atoms with van der Waals surface area (Å²) in [4.78, 5) is 36.0. The second-order valence-corrected chi connectivity index (χ2v) is 8.38. The lowest BCUT2D eigenvalue weighted by Gasteiger charge is -2.19. The maximum absolute atomic E-state index is 12.7. The van der Waals surface area contributed by atoms with Crippen molar-refractivity contribution in [3.63, 3.8) is 0 Å². The fourth-order valence-electron chi connectivity index (χ4n) is 3.12. The summed E-state index contributed by atoms with van der Waals surface area (Å²) in [5.41, 5.74) is 4.25. The summed E-state index contributed by atoms with van der Waals surface area (Å²) < 4.78 is 0. The Balaban J connectivity index is 1.88. The van der Waals surface area contributed by atoms with Crippen LogP contribution in [0.5, 0.6) is 0 Å². The monoisotopic (exact) mass is 447 g/mol. The van der Waals surface area contributed by atoms with E-state index in [0.29, 0.717) is 30.9 Å². The average molecular weight is 448 g/mol. The highest BCUT2D eigenvalue weighted by Crippen LogP contribution is 2.10. The van der Waals surface area contributed by atoms with Crippen molar-refractivity contribution in [3.05, 3.63) is 52.1 Å². The summed E-state index contributed by atoms with van der Waals surface area (Å²) in [5, 5.41) is 19.5. The first kappa shape index (κ1) is 25.5. The van der Waals surface area contributed by atoms with Gasteiger partial charge < -0.3 is 10.6 Å². The molecule has 32 heavy (non-hydrogen) atoms. The molecule has 10 heteroatoms. The van der Waals surface area contributed by atoms with Gasteiger partial charge in [-0.1, -0.05) is 39.3 Å². The van der Waals surface area contributed by atoms with Crippen LogP contribution in [0.4, 0.5) is 0 Å². The molecule has 1 radical (unpaired) electrons. The molecule has 177 valence electrons. The van der Waals surface area contributed by atoms with E-state index < -0.39 is 17.4 Å². The van der Waals surface area contributed by atoms with Crippen LogP contribution in [0, 0.1) is 22.6 Å². The zero-order valence-corrected chi connectivity index (χ0v) is 19.1. The molecule has 1 aromatic rings. The minimum Gasteiger partial charge on any atom is -0.350 e. The van der Waals surface area contributed by atoms with Crippen LogP contribution >= 0.6 is 0 Å². The predicted octanol–water partition coefficient (Wildman–Crippen LogP) is 2.12. The molecule has 0 aromatic heterocycles. The van der Waals surface area contributed by atoms with E-state index in [1.165, 1.54) is 5.56 Å². The summed E-state index contributed by atoms with van der Waals surface area (Å²) >= 11 is 0. The number of benzene rings is 1. The molecule has 1 aliphatic heterocycles. The third kappa shape index (κ3) is 8.80. The SMILES string of the molecule is CCCCc1ccc(C(=O)N[C@@H](CCCNC2NN2[N+](=O)[O-])C(=O)N[CH]CC(C)C)cc1.